The fraction of sp³-hybridized carbons (Fsp3) is 0.714. The van der Waals surface area contributed by atoms with Crippen LogP contribution in [0.4, 0.5) is 0 Å². The Morgan fingerprint density at radius 3 is 2.64 bits per heavy atom. The summed E-state index contributed by atoms with van der Waals surface area (Å²) in [5.41, 5.74) is -0.383. The second kappa shape index (κ2) is 8.34. The third-order valence-electron chi connectivity index (χ3n) is 3.45. The molecule has 0 aliphatic carbocycles. The molecule has 0 unspecified atom stereocenters. The highest BCUT2D eigenvalue weighted by Crippen LogP contribution is 2.08. The lowest BCUT2D eigenvalue weighted by Gasteiger charge is -2.22. The van der Waals surface area contributed by atoms with Crippen LogP contribution in [0.5, 0.6) is 0 Å². The molecule has 8 nitrogen and oxygen atoms in total. The number of nitrogens with zero attached hydrogens (tertiary/aromatic N) is 4. The van der Waals surface area contributed by atoms with Crippen LogP contribution in [0.15, 0.2) is 5.16 Å². The molecule has 0 saturated carbocycles. The topological polar surface area (TPSA) is 87.2 Å². The third kappa shape index (κ3) is 4.18. The van der Waals surface area contributed by atoms with Crippen molar-refractivity contribution in [2.24, 2.45) is 5.16 Å². The lowest BCUT2D eigenvalue weighted by Crippen LogP contribution is -2.45. The van der Waals surface area contributed by atoms with E-state index in [1.54, 1.807) is 13.0 Å². The van der Waals surface area contributed by atoms with Crippen molar-refractivity contribution in [1.82, 2.24) is 4.90 Å². The van der Waals surface area contributed by atoms with Crippen LogP contribution in [0.3, 0.4) is 0 Å². The Bertz CT molecular complexity index is 495. The Labute approximate surface area is 129 Å². The maximum absolute atomic E-state index is 11.6. The minimum atomic E-state index is -0.771. The minimum Gasteiger partial charge on any atom is -0.461 e. The SMILES string of the molecule is CCOC(=O)/C(C#N)=N\OC(N1CCOCC1)=[N+]1CCCC1. The zero-order valence-electron chi connectivity index (χ0n) is 12.8. The average molecular weight is 309 g/mol. The van der Waals surface area contributed by atoms with Gasteiger partial charge in [0, 0.05) is 0 Å². The summed E-state index contributed by atoms with van der Waals surface area (Å²) < 4.78 is 12.2. The number of morpholine rings is 1. The van der Waals surface area contributed by atoms with Gasteiger partial charge in [-0.2, -0.15) is 5.26 Å². The molecule has 0 aromatic heterocycles. The molecule has 0 N–H and O–H groups in total. The van der Waals surface area contributed by atoms with Crippen LogP contribution in [-0.2, 0) is 19.1 Å². The van der Waals surface area contributed by atoms with Gasteiger partial charge in [0.1, 0.15) is 19.2 Å². The Morgan fingerprint density at radius 1 is 1.36 bits per heavy atom. The molecular formula is C14H21N4O4+. The van der Waals surface area contributed by atoms with Gasteiger partial charge < -0.3 is 9.47 Å². The van der Waals surface area contributed by atoms with Gasteiger partial charge in [-0.1, -0.05) is 5.16 Å². The maximum atomic E-state index is 11.6. The number of ether oxygens (including phenoxy) is 2. The summed E-state index contributed by atoms with van der Waals surface area (Å²) in [6.45, 7) is 6.24. The zero-order valence-corrected chi connectivity index (χ0v) is 12.8. The van der Waals surface area contributed by atoms with Crippen LogP contribution in [0.25, 0.3) is 0 Å². The second-order valence-electron chi connectivity index (χ2n) is 4.94. The minimum absolute atomic E-state index is 0.186. The highest BCUT2D eigenvalue weighted by molar-refractivity contribution is 6.42. The number of nitriles is 1. The van der Waals surface area contributed by atoms with E-state index in [1.807, 2.05) is 4.90 Å². The molecule has 2 saturated heterocycles. The van der Waals surface area contributed by atoms with Crippen LogP contribution in [-0.4, -0.2) is 73.2 Å². The Balaban J connectivity index is 2.14. The molecule has 0 radical (unpaired) electrons. The maximum Gasteiger partial charge on any atom is 0.473 e. The molecule has 2 aliphatic rings. The Kier molecular flexibility index (Phi) is 6.15. The van der Waals surface area contributed by atoms with Crippen LogP contribution >= 0.6 is 0 Å². The zero-order chi connectivity index (χ0) is 15.8. The number of amidine groups is 1. The molecule has 22 heavy (non-hydrogen) atoms. The summed E-state index contributed by atoms with van der Waals surface area (Å²) in [7, 11) is 0. The molecule has 0 aromatic carbocycles. The molecule has 2 aliphatic heterocycles. The van der Waals surface area contributed by atoms with Crippen molar-refractivity contribution in [3.05, 3.63) is 0 Å². The van der Waals surface area contributed by atoms with Gasteiger partial charge in [-0.15, -0.1) is 0 Å². The number of carbonyl (C=O) groups excluding carboxylic acids is 1. The largest absolute Gasteiger partial charge is 0.473 e. The van der Waals surface area contributed by atoms with E-state index >= 15 is 0 Å². The first kappa shape index (κ1) is 16.2. The molecule has 2 heterocycles. The van der Waals surface area contributed by atoms with Crippen molar-refractivity contribution >= 4 is 17.7 Å². The van der Waals surface area contributed by atoms with E-state index in [0.29, 0.717) is 32.3 Å². The van der Waals surface area contributed by atoms with E-state index in [4.69, 9.17) is 19.6 Å². The number of carbonyl (C=O) groups is 1. The molecule has 0 aromatic rings. The summed E-state index contributed by atoms with van der Waals surface area (Å²) in [5.74, 6) is -0.771. The third-order valence-corrected chi connectivity index (χ3v) is 3.45. The predicted octanol–water partition coefficient (Wildman–Crippen LogP) is -0.0598. The molecule has 2 fully saturated rings. The van der Waals surface area contributed by atoms with Crippen molar-refractivity contribution in [1.29, 1.82) is 5.26 Å². The molecular weight excluding hydrogens is 288 g/mol. The van der Waals surface area contributed by atoms with E-state index in [0.717, 1.165) is 25.9 Å². The normalized spacial score (nSPS) is 18.8. The molecule has 0 atom stereocenters. The summed E-state index contributed by atoms with van der Waals surface area (Å²) in [5, 5.41) is 12.7. The van der Waals surface area contributed by atoms with Gasteiger partial charge in [-0.05, 0) is 19.8 Å². The summed E-state index contributed by atoms with van der Waals surface area (Å²) >= 11 is 0. The van der Waals surface area contributed by atoms with E-state index in [-0.39, 0.29) is 12.3 Å². The molecule has 0 amide bonds. The van der Waals surface area contributed by atoms with Gasteiger partial charge in [-0.3, -0.25) is 4.84 Å². The monoisotopic (exact) mass is 309 g/mol. The fourth-order valence-electron chi connectivity index (χ4n) is 2.37. The van der Waals surface area contributed by atoms with Crippen LogP contribution in [0.1, 0.15) is 19.8 Å². The number of oxime groups is 1. The molecule has 120 valence electrons. The van der Waals surface area contributed by atoms with Crippen molar-refractivity contribution < 1.29 is 23.7 Å². The van der Waals surface area contributed by atoms with Crippen molar-refractivity contribution in [2.75, 3.05) is 46.0 Å². The van der Waals surface area contributed by atoms with E-state index < -0.39 is 5.97 Å². The smallest absolute Gasteiger partial charge is 0.461 e. The number of hydrogen-bond acceptors (Lipinski definition) is 6. The molecule has 0 spiro atoms. The standard InChI is InChI=1S/C14H21N4O4/c1-2-21-13(19)12(11-15)16-22-14(17-5-3-4-6-17)18-7-9-20-10-8-18/h2-10H2,1H3/q+1/b16-12-. The first-order valence-electron chi connectivity index (χ1n) is 7.53. The summed E-state index contributed by atoms with van der Waals surface area (Å²) in [6, 6.07) is 2.29. The first-order valence-corrected chi connectivity index (χ1v) is 7.53. The van der Waals surface area contributed by atoms with E-state index in [9.17, 15) is 4.79 Å². The lowest BCUT2D eigenvalue weighted by molar-refractivity contribution is -0.521. The van der Waals surface area contributed by atoms with E-state index in [2.05, 4.69) is 9.73 Å². The number of esters is 1. The lowest BCUT2D eigenvalue weighted by atomic mass is 10.4. The van der Waals surface area contributed by atoms with E-state index in [1.165, 1.54) is 0 Å². The molecule has 2 rings (SSSR count). The van der Waals surface area contributed by atoms with Crippen LogP contribution < -0.4 is 0 Å². The quantitative estimate of drug-likeness (QED) is 0.239. The van der Waals surface area contributed by atoms with Crippen molar-refractivity contribution in [2.45, 2.75) is 19.8 Å². The van der Waals surface area contributed by atoms with Gasteiger partial charge in [0.25, 0.3) is 5.71 Å². The second-order valence-corrected chi connectivity index (χ2v) is 4.94. The first-order chi connectivity index (χ1) is 10.8. The van der Waals surface area contributed by atoms with Crippen molar-refractivity contribution in [3.63, 3.8) is 0 Å². The highest BCUT2D eigenvalue weighted by Gasteiger charge is 2.30. The summed E-state index contributed by atoms with van der Waals surface area (Å²) in [4.78, 5) is 19.1. The van der Waals surface area contributed by atoms with Crippen LogP contribution in [0.2, 0.25) is 0 Å². The van der Waals surface area contributed by atoms with Gasteiger partial charge in [-0.25, -0.2) is 14.3 Å². The van der Waals surface area contributed by atoms with Gasteiger partial charge in [0.05, 0.1) is 32.9 Å². The van der Waals surface area contributed by atoms with Gasteiger partial charge in [0.2, 0.25) is 0 Å². The van der Waals surface area contributed by atoms with Gasteiger partial charge >= 0.3 is 12.0 Å². The highest BCUT2D eigenvalue weighted by atomic mass is 16.7. The fourth-order valence-corrected chi connectivity index (χ4v) is 2.37. The van der Waals surface area contributed by atoms with Crippen LogP contribution in [0, 0.1) is 11.3 Å². The number of hydrogen-bond donors (Lipinski definition) is 0. The summed E-state index contributed by atoms with van der Waals surface area (Å²) in [6.07, 6.45) is 2.17. The Hall–Kier alpha value is -2.14. The Morgan fingerprint density at radius 2 is 2.05 bits per heavy atom. The average Bonchev–Trinajstić information content (AvgIpc) is 3.07. The number of rotatable bonds is 3. The molecule has 0 bridgehead atoms. The van der Waals surface area contributed by atoms with Crippen molar-refractivity contribution in [3.8, 4) is 6.07 Å². The van der Waals surface area contributed by atoms with Gasteiger partial charge in [0.15, 0.2) is 0 Å². The predicted molar refractivity (Wildman–Crippen MR) is 77.4 cm³/mol. The molecule has 8 heteroatoms.